The number of methoxy groups -OCH3 is 1. The topological polar surface area (TPSA) is 47.7 Å². The van der Waals surface area contributed by atoms with Gasteiger partial charge in [-0.1, -0.05) is 0 Å². The van der Waals surface area contributed by atoms with Crippen LogP contribution in [0.25, 0.3) is 0 Å². The first kappa shape index (κ1) is 11.9. The van der Waals surface area contributed by atoms with E-state index in [0.717, 1.165) is 26.2 Å². The van der Waals surface area contributed by atoms with Crippen LogP contribution in [0, 0.1) is 0 Å². The van der Waals surface area contributed by atoms with Crippen molar-refractivity contribution in [1.82, 2.24) is 4.90 Å². The molecule has 2 N–H and O–H groups in total. The summed E-state index contributed by atoms with van der Waals surface area (Å²) in [6.45, 7) is 4.42. The number of likely N-dealkylation sites (N-methyl/N-ethyl adjacent to an activating group) is 1. The molecule has 1 heterocycles. The maximum atomic E-state index is 6.05. The van der Waals surface area contributed by atoms with Gasteiger partial charge in [0, 0.05) is 31.8 Å². The second-order valence-corrected chi connectivity index (χ2v) is 4.06. The van der Waals surface area contributed by atoms with Crippen molar-refractivity contribution in [3.05, 3.63) is 0 Å². The van der Waals surface area contributed by atoms with E-state index in [0.29, 0.717) is 12.1 Å². The van der Waals surface area contributed by atoms with E-state index in [9.17, 15) is 0 Å². The van der Waals surface area contributed by atoms with Gasteiger partial charge in [-0.15, -0.1) is 0 Å². The van der Waals surface area contributed by atoms with Crippen LogP contribution in [0.1, 0.15) is 13.3 Å². The van der Waals surface area contributed by atoms with Gasteiger partial charge in [0.1, 0.15) is 0 Å². The third kappa shape index (κ3) is 2.92. The molecule has 4 nitrogen and oxygen atoms in total. The second-order valence-electron chi connectivity index (χ2n) is 4.06. The number of hydrogen-bond donors (Lipinski definition) is 1. The summed E-state index contributed by atoms with van der Waals surface area (Å²) in [6, 6.07) is 0.944. The standard InChI is InChI=1S/C10H22N2O2/c1-8(6-13-3)12(2)10-7-14-5-4-9(10)11/h8-10H,4-7,11H2,1-3H3. The summed E-state index contributed by atoms with van der Waals surface area (Å²) < 4.78 is 10.6. The minimum atomic E-state index is 0.230. The first-order valence-corrected chi connectivity index (χ1v) is 5.21. The smallest absolute Gasteiger partial charge is 0.0636 e. The number of rotatable bonds is 4. The minimum absolute atomic E-state index is 0.230. The van der Waals surface area contributed by atoms with Gasteiger partial charge in [-0.25, -0.2) is 0 Å². The van der Waals surface area contributed by atoms with Crippen molar-refractivity contribution < 1.29 is 9.47 Å². The molecular formula is C10H22N2O2. The van der Waals surface area contributed by atoms with E-state index in [1.807, 2.05) is 0 Å². The van der Waals surface area contributed by atoms with Gasteiger partial charge in [0.25, 0.3) is 0 Å². The lowest BCUT2D eigenvalue weighted by Gasteiger charge is -2.38. The lowest BCUT2D eigenvalue weighted by Crippen LogP contribution is -2.55. The van der Waals surface area contributed by atoms with Gasteiger partial charge >= 0.3 is 0 Å². The molecule has 0 radical (unpaired) electrons. The van der Waals surface area contributed by atoms with Gasteiger partial charge in [0.2, 0.25) is 0 Å². The van der Waals surface area contributed by atoms with Crippen LogP contribution in [0.3, 0.4) is 0 Å². The van der Waals surface area contributed by atoms with E-state index in [-0.39, 0.29) is 6.04 Å². The summed E-state index contributed by atoms with van der Waals surface area (Å²) in [5.41, 5.74) is 6.05. The Hall–Kier alpha value is -0.160. The van der Waals surface area contributed by atoms with Crippen LogP contribution in [-0.2, 0) is 9.47 Å². The van der Waals surface area contributed by atoms with Crippen molar-refractivity contribution in [1.29, 1.82) is 0 Å². The zero-order valence-electron chi connectivity index (χ0n) is 9.40. The Morgan fingerprint density at radius 3 is 2.93 bits per heavy atom. The van der Waals surface area contributed by atoms with Gasteiger partial charge in [-0.3, -0.25) is 4.90 Å². The predicted octanol–water partition coefficient (Wildman–Crippen LogP) is 0.0693. The Balaban J connectivity index is 2.44. The Morgan fingerprint density at radius 2 is 2.36 bits per heavy atom. The number of hydrogen-bond acceptors (Lipinski definition) is 4. The quantitative estimate of drug-likeness (QED) is 0.701. The van der Waals surface area contributed by atoms with Crippen LogP contribution in [0.15, 0.2) is 0 Å². The van der Waals surface area contributed by atoms with E-state index in [1.54, 1.807) is 7.11 Å². The summed E-state index contributed by atoms with van der Waals surface area (Å²) in [4.78, 5) is 2.26. The highest BCUT2D eigenvalue weighted by atomic mass is 16.5. The number of nitrogens with zero attached hydrogens (tertiary/aromatic N) is 1. The monoisotopic (exact) mass is 202 g/mol. The zero-order valence-corrected chi connectivity index (χ0v) is 9.40. The molecule has 1 saturated heterocycles. The van der Waals surface area contributed by atoms with Crippen molar-refractivity contribution in [3.63, 3.8) is 0 Å². The van der Waals surface area contributed by atoms with Crippen LogP contribution in [0.4, 0.5) is 0 Å². The average molecular weight is 202 g/mol. The Kier molecular flexibility index (Phi) is 4.81. The summed E-state index contributed by atoms with van der Waals surface area (Å²) in [7, 11) is 3.81. The fraction of sp³-hybridized carbons (Fsp3) is 1.00. The highest BCUT2D eigenvalue weighted by molar-refractivity contribution is 4.85. The van der Waals surface area contributed by atoms with Crippen LogP contribution in [-0.4, -0.2) is 57.0 Å². The third-order valence-corrected chi connectivity index (χ3v) is 3.00. The first-order valence-electron chi connectivity index (χ1n) is 5.21. The molecule has 0 bridgehead atoms. The van der Waals surface area contributed by atoms with E-state index < -0.39 is 0 Å². The summed E-state index contributed by atoms with van der Waals surface area (Å²) in [5.74, 6) is 0. The predicted molar refractivity (Wildman–Crippen MR) is 56.3 cm³/mol. The third-order valence-electron chi connectivity index (χ3n) is 3.00. The largest absolute Gasteiger partial charge is 0.383 e. The van der Waals surface area contributed by atoms with Crippen LogP contribution >= 0.6 is 0 Å². The molecule has 1 aliphatic heterocycles. The molecule has 0 saturated carbocycles. The van der Waals surface area contributed by atoms with E-state index in [4.69, 9.17) is 15.2 Å². The molecule has 0 aliphatic carbocycles. The Labute approximate surface area is 86.3 Å². The van der Waals surface area contributed by atoms with Gasteiger partial charge in [-0.05, 0) is 20.4 Å². The highest BCUT2D eigenvalue weighted by Crippen LogP contribution is 2.13. The number of nitrogens with two attached hydrogens (primary N) is 1. The lowest BCUT2D eigenvalue weighted by molar-refractivity contribution is -0.00995. The van der Waals surface area contributed by atoms with Gasteiger partial charge in [0.15, 0.2) is 0 Å². The molecule has 0 amide bonds. The Bertz CT molecular complexity index is 166. The molecule has 1 aliphatic rings. The van der Waals surface area contributed by atoms with E-state index >= 15 is 0 Å². The molecule has 14 heavy (non-hydrogen) atoms. The molecule has 1 rings (SSSR count). The summed E-state index contributed by atoms with van der Waals surface area (Å²) in [5, 5.41) is 0. The first-order chi connectivity index (χ1) is 6.66. The van der Waals surface area contributed by atoms with Crippen molar-refractivity contribution >= 4 is 0 Å². The molecule has 0 spiro atoms. The second kappa shape index (κ2) is 5.66. The van der Waals surface area contributed by atoms with Crippen LogP contribution < -0.4 is 5.73 Å². The fourth-order valence-corrected chi connectivity index (χ4v) is 1.84. The molecule has 1 fully saturated rings. The van der Waals surface area contributed by atoms with Gasteiger partial charge in [0.05, 0.1) is 13.2 Å². The molecule has 4 heteroatoms. The summed E-state index contributed by atoms with van der Waals surface area (Å²) >= 11 is 0. The van der Waals surface area contributed by atoms with Crippen LogP contribution in [0.2, 0.25) is 0 Å². The maximum absolute atomic E-state index is 6.05. The highest BCUT2D eigenvalue weighted by Gasteiger charge is 2.28. The molecule has 3 atom stereocenters. The molecule has 3 unspecified atom stereocenters. The molecular weight excluding hydrogens is 180 g/mol. The average Bonchev–Trinajstić information content (AvgIpc) is 2.18. The van der Waals surface area contributed by atoms with Crippen molar-refractivity contribution in [2.24, 2.45) is 5.73 Å². The lowest BCUT2D eigenvalue weighted by atomic mass is 10.0. The maximum Gasteiger partial charge on any atom is 0.0636 e. The van der Waals surface area contributed by atoms with Crippen molar-refractivity contribution in [2.75, 3.05) is 34.0 Å². The normalized spacial score (nSPS) is 30.6. The van der Waals surface area contributed by atoms with E-state index in [1.165, 1.54) is 0 Å². The zero-order chi connectivity index (χ0) is 10.6. The SMILES string of the molecule is COCC(C)N(C)C1COCCC1N. The Morgan fingerprint density at radius 1 is 1.64 bits per heavy atom. The summed E-state index contributed by atoms with van der Waals surface area (Å²) in [6.07, 6.45) is 0.953. The molecule has 0 aromatic rings. The molecule has 0 aromatic heterocycles. The van der Waals surface area contributed by atoms with Crippen molar-refractivity contribution in [3.8, 4) is 0 Å². The van der Waals surface area contributed by atoms with Gasteiger partial charge < -0.3 is 15.2 Å². The fourth-order valence-electron chi connectivity index (χ4n) is 1.84. The number of ether oxygens (including phenoxy) is 2. The van der Waals surface area contributed by atoms with Crippen molar-refractivity contribution in [2.45, 2.75) is 31.5 Å². The molecule has 0 aromatic carbocycles. The van der Waals surface area contributed by atoms with Crippen LogP contribution in [0.5, 0.6) is 0 Å². The van der Waals surface area contributed by atoms with Gasteiger partial charge in [-0.2, -0.15) is 0 Å². The van der Waals surface area contributed by atoms with E-state index in [2.05, 4.69) is 18.9 Å². The molecule has 84 valence electrons. The minimum Gasteiger partial charge on any atom is -0.383 e.